The Balaban J connectivity index is 1.69. The molecule has 1 aromatic heterocycles. The molecule has 0 spiro atoms. The Bertz CT molecular complexity index is 1030. The minimum absolute atomic E-state index is 0.000773. The summed E-state index contributed by atoms with van der Waals surface area (Å²) >= 11 is 0. The first-order chi connectivity index (χ1) is 16.9. The van der Waals surface area contributed by atoms with Gasteiger partial charge in [-0.1, -0.05) is 32.9 Å². The Kier molecular flexibility index (Phi) is 8.88. The second-order valence-electron chi connectivity index (χ2n) is 11.7. The number of carbonyl (C=O) groups is 2. The van der Waals surface area contributed by atoms with Gasteiger partial charge in [0.1, 0.15) is 5.82 Å². The topological polar surface area (TPSA) is 97.1 Å². The van der Waals surface area contributed by atoms with E-state index in [9.17, 15) is 14.0 Å². The number of pyridine rings is 1. The Morgan fingerprint density at radius 3 is 2.39 bits per heavy atom. The van der Waals surface area contributed by atoms with Gasteiger partial charge in [-0.05, 0) is 87.1 Å². The molecule has 4 atom stereocenters. The van der Waals surface area contributed by atoms with Crippen LogP contribution in [0, 0.1) is 29.0 Å². The van der Waals surface area contributed by atoms with E-state index in [1.165, 1.54) is 12.1 Å². The van der Waals surface area contributed by atoms with Crippen LogP contribution in [-0.2, 0) is 15.0 Å². The highest BCUT2D eigenvalue weighted by atomic mass is 19.1. The van der Waals surface area contributed by atoms with Gasteiger partial charge in [0.2, 0.25) is 11.8 Å². The van der Waals surface area contributed by atoms with Crippen molar-refractivity contribution in [3.05, 3.63) is 60.2 Å². The predicted molar refractivity (Wildman–Crippen MR) is 142 cm³/mol. The summed E-state index contributed by atoms with van der Waals surface area (Å²) < 4.78 is 13.3. The van der Waals surface area contributed by atoms with Crippen LogP contribution in [0.2, 0.25) is 0 Å². The summed E-state index contributed by atoms with van der Waals surface area (Å²) in [5, 5.41) is 6.08. The summed E-state index contributed by atoms with van der Waals surface area (Å²) in [6, 6.07) is 9.31. The second-order valence-corrected chi connectivity index (χ2v) is 11.7. The van der Waals surface area contributed by atoms with Crippen molar-refractivity contribution in [2.24, 2.45) is 28.9 Å². The van der Waals surface area contributed by atoms with Crippen molar-refractivity contribution in [3.63, 3.8) is 0 Å². The Morgan fingerprint density at radius 1 is 1.14 bits per heavy atom. The Hall–Kier alpha value is -2.80. The molecule has 1 aliphatic carbocycles. The maximum Gasteiger partial charge on any atom is 0.230 e. The highest BCUT2D eigenvalue weighted by Crippen LogP contribution is 2.46. The fourth-order valence-electron chi connectivity index (χ4n) is 5.56. The molecule has 1 aromatic carbocycles. The van der Waals surface area contributed by atoms with Crippen LogP contribution in [-0.4, -0.2) is 29.4 Å². The number of benzene rings is 1. The van der Waals surface area contributed by atoms with Gasteiger partial charge in [0.15, 0.2) is 0 Å². The highest BCUT2D eigenvalue weighted by Gasteiger charge is 2.44. The van der Waals surface area contributed by atoms with Crippen LogP contribution in [0.1, 0.15) is 65.9 Å². The highest BCUT2D eigenvalue weighted by molar-refractivity contribution is 5.95. The van der Waals surface area contributed by atoms with Crippen LogP contribution in [0.25, 0.3) is 0 Å². The minimum atomic E-state index is -0.820. The number of amides is 2. The van der Waals surface area contributed by atoms with E-state index in [1.54, 1.807) is 36.7 Å². The maximum atomic E-state index is 13.4. The van der Waals surface area contributed by atoms with Crippen LogP contribution >= 0.6 is 0 Å². The van der Waals surface area contributed by atoms with Crippen molar-refractivity contribution in [2.45, 2.75) is 71.8 Å². The molecule has 7 heteroatoms. The number of hydrogen-bond acceptors (Lipinski definition) is 4. The number of nitrogens with two attached hydrogens (primary N) is 1. The number of nitrogens with zero attached hydrogens (tertiary/aromatic N) is 1. The number of halogens is 1. The van der Waals surface area contributed by atoms with Gasteiger partial charge < -0.3 is 16.4 Å². The van der Waals surface area contributed by atoms with Crippen molar-refractivity contribution >= 4 is 17.5 Å². The molecule has 0 aliphatic heterocycles. The number of hydrogen-bond donors (Lipinski definition) is 3. The molecular weight excluding hydrogens is 455 g/mol. The number of aromatic nitrogens is 1. The van der Waals surface area contributed by atoms with E-state index in [0.717, 1.165) is 30.5 Å². The quantitative estimate of drug-likeness (QED) is 0.453. The summed E-state index contributed by atoms with van der Waals surface area (Å²) in [6.07, 6.45) is 6.77. The first kappa shape index (κ1) is 27.8. The third-order valence-electron chi connectivity index (χ3n) is 7.62. The lowest BCUT2D eigenvalue weighted by Gasteiger charge is -2.44. The third kappa shape index (κ3) is 6.90. The summed E-state index contributed by atoms with van der Waals surface area (Å²) in [5.41, 5.74) is 6.76. The van der Waals surface area contributed by atoms with E-state index < -0.39 is 10.8 Å². The zero-order valence-corrected chi connectivity index (χ0v) is 22.2. The third-order valence-corrected chi connectivity index (χ3v) is 7.62. The van der Waals surface area contributed by atoms with E-state index in [0.29, 0.717) is 24.8 Å². The van der Waals surface area contributed by atoms with E-state index in [1.807, 2.05) is 20.8 Å². The van der Waals surface area contributed by atoms with Crippen molar-refractivity contribution in [3.8, 4) is 0 Å². The second kappa shape index (κ2) is 11.5. The first-order valence-electron chi connectivity index (χ1n) is 12.9. The molecule has 1 saturated carbocycles. The Morgan fingerprint density at radius 2 is 1.78 bits per heavy atom. The SMILES string of the molecule is CC(C)CC1CC(C(N)CNC(=O)C(C)(C)c2ccc(F)cc2)CC(C)(C(=O)Nc2ccncc2)C1. The summed E-state index contributed by atoms with van der Waals surface area (Å²) in [6.45, 7) is 10.4. The molecule has 196 valence electrons. The van der Waals surface area contributed by atoms with E-state index in [2.05, 4.69) is 29.5 Å². The molecule has 0 saturated heterocycles. The molecular formula is C29H41FN4O2. The standard InChI is InChI=1S/C29H41FN4O2/c1-19(2)14-20-15-21(17-29(5,16-20)27(36)34-24-10-12-32-13-11-24)25(31)18-33-26(35)28(3,4)22-6-8-23(30)9-7-22/h6-13,19-21,25H,14-18,31H2,1-5H3,(H,33,35)(H,32,34,36). The maximum absolute atomic E-state index is 13.4. The molecule has 1 aliphatic rings. The summed E-state index contributed by atoms with van der Waals surface area (Å²) in [5.74, 6) is 0.521. The van der Waals surface area contributed by atoms with Crippen LogP contribution < -0.4 is 16.4 Å². The fourth-order valence-corrected chi connectivity index (χ4v) is 5.56. The van der Waals surface area contributed by atoms with E-state index >= 15 is 0 Å². The molecule has 1 fully saturated rings. The van der Waals surface area contributed by atoms with E-state index in [4.69, 9.17) is 5.73 Å². The number of carbonyl (C=O) groups excluding carboxylic acids is 2. The van der Waals surface area contributed by atoms with Crippen molar-refractivity contribution in [1.82, 2.24) is 10.3 Å². The molecule has 2 aromatic rings. The molecule has 2 amide bonds. The first-order valence-corrected chi connectivity index (χ1v) is 12.9. The molecule has 36 heavy (non-hydrogen) atoms. The molecule has 3 rings (SSSR count). The van der Waals surface area contributed by atoms with Crippen molar-refractivity contribution in [1.29, 1.82) is 0 Å². The van der Waals surface area contributed by atoms with Gasteiger partial charge in [-0.2, -0.15) is 0 Å². The lowest BCUT2D eigenvalue weighted by Crippen LogP contribution is -2.51. The average molecular weight is 497 g/mol. The zero-order chi connectivity index (χ0) is 26.5. The Labute approximate surface area is 214 Å². The molecule has 6 nitrogen and oxygen atoms in total. The van der Waals surface area contributed by atoms with Gasteiger partial charge >= 0.3 is 0 Å². The van der Waals surface area contributed by atoms with Crippen LogP contribution in [0.3, 0.4) is 0 Å². The number of nitrogens with one attached hydrogen (secondary N) is 2. The average Bonchev–Trinajstić information content (AvgIpc) is 2.82. The monoisotopic (exact) mass is 496 g/mol. The van der Waals surface area contributed by atoms with Gasteiger partial charge in [-0.15, -0.1) is 0 Å². The largest absolute Gasteiger partial charge is 0.354 e. The van der Waals surface area contributed by atoms with Gasteiger partial charge in [0.25, 0.3) is 0 Å². The molecule has 4 unspecified atom stereocenters. The fraction of sp³-hybridized carbons (Fsp3) is 0.552. The van der Waals surface area contributed by atoms with Gasteiger partial charge in [0, 0.05) is 36.1 Å². The zero-order valence-electron chi connectivity index (χ0n) is 22.2. The van der Waals surface area contributed by atoms with Crippen LogP contribution in [0.5, 0.6) is 0 Å². The summed E-state index contributed by atoms with van der Waals surface area (Å²) in [7, 11) is 0. The molecule has 4 N–H and O–H groups in total. The van der Waals surface area contributed by atoms with Gasteiger partial charge in [-0.25, -0.2) is 4.39 Å². The smallest absolute Gasteiger partial charge is 0.230 e. The lowest BCUT2D eigenvalue weighted by atomic mass is 9.63. The van der Waals surface area contributed by atoms with Gasteiger partial charge in [0.05, 0.1) is 5.41 Å². The molecule has 1 heterocycles. The molecule has 0 radical (unpaired) electrons. The van der Waals surface area contributed by atoms with Gasteiger partial charge in [-0.3, -0.25) is 14.6 Å². The number of anilines is 1. The van der Waals surface area contributed by atoms with Crippen molar-refractivity contribution in [2.75, 3.05) is 11.9 Å². The van der Waals surface area contributed by atoms with Crippen LogP contribution in [0.15, 0.2) is 48.8 Å². The normalized spacial score (nSPS) is 23.2. The predicted octanol–water partition coefficient (Wildman–Crippen LogP) is 5.05. The summed E-state index contributed by atoms with van der Waals surface area (Å²) in [4.78, 5) is 30.5. The van der Waals surface area contributed by atoms with Crippen molar-refractivity contribution < 1.29 is 14.0 Å². The number of rotatable bonds is 9. The lowest BCUT2D eigenvalue weighted by molar-refractivity contribution is -0.129. The van der Waals surface area contributed by atoms with E-state index in [-0.39, 0.29) is 29.6 Å². The molecule has 0 bridgehead atoms. The van der Waals surface area contributed by atoms with Crippen LogP contribution in [0.4, 0.5) is 10.1 Å². The minimum Gasteiger partial charge on any atom is -0.354 e.